The number of carbonyl (C=O) groups excluding carboxylic acids is 1. The van der Waals surface area contributed by atoms with Gasteiger partial charge in [-0.3, -0.25) is 4.79 Å². The molecule has 0 aliphatic heterocycles. The van der Waals surface area contributed by atoms with Crippen molar-refractivity contribution in [2.45, 2.75) is 13.2 Å². The fourth-order valence-electron chi connectivity index (χ4n) is 2.32. The third-order valence-corrected chi connectivity index (χ3v) is 3.74. The van der Waals surface area contributed by atoms with Gasteiger partial charge in [0.2, 0.25) is 0 Å². The zero-order valence-electron chi connectivity index (χ0n) is 13.8. The molecule has 0 spiro atoms. The van der Waals surface area contributed by atoms with Crippen LogP contribution in [0.5, 0.6) is 11.5 Å². The molecular formula is C21H16F2O3. The highest BCUT2D eigenvalue weighted by Crippen LogP contribution is 2.25. The second-order valence-electron chi connectivity index (χ2n) is 5.65. The standard InChI is InChI=1S/C21H16F2O3/c22-18-6-1-15(2-7-18)13-25-20-10-5-17(12-24)21(11-20)26-14-16-3-8-19(23)9-4-16/h1-12H,13-14H2. The summed E-state index contributed by atoms with van der Waals surface area (Å²) in [4.78, 5) is 11.2. The summed E-state index contributed by atoms with van der Waals surface area (Å²) in [5, 5.41) is 0. The Morgan fingerprint density at radius 1 is 0.731 bits per heavy atom. The molecule has 132 valence electrons. The smallest absolute Gasteiger partial charge is 0.153 e. The first-order valence-electron chi connectivity index (χ1n) is 7.98. The molecule has 5 heteroatoms. The molecular weight excluding hydrogens is 338 g/mol. The molecule has 0 unspecified atom stereocenters. The number of ether oxygens (including phenoxy) is 2. The van der Waals surface area contributed by atoms with E-state index < -0.39 is 0 Å². The lowest BCUT2D eigenvalue weighted by atomic mass is 10.2. The maximum Gasteiger partial charge on any atom is 0.153 e. The third-order valence-electron chi connectivity index (χ3n) is 3.74. The normalized spacial score (nSPS) is 10.4. The van der Waals surface area contributed by atoms with Crippen molar-refractivity contribution in [2.24, 2.45) is 0 Å². The predicted octanol–water partition coefficient (Wildman–Crippen LogP) is 4.94. The lowest BCUT2D eigenvalue weighted by Gasteiger charge is -2.12. The summed E-state index contributed by atoms with van der Waals surface area (Å²) < 4.78 is 37.2. The topological polar surface area (TPSA) is 35.5 Å². The van der Waals surface area contributed by atoms with Crippen molar-refractivity contribution < 1.29 is 23.0 Å². The Morgan fingerprint density at radius 2 is 1.27 bits per heavy atom. The van der Waals surface area contributed by atoms with E-state index in [1.165, 1.54) is 24.3 Å². The van der Waals surface area contributed by atoms with Crippen LogP contribution in [0.15, 0.2) is 66.7 Å². The average molecular weight is 354 g/mol. The van der Waals surface area contributed by atoms with Crippen molar-refractivity contribution in [3.8, 4) is 11.5 Å². The number of benzene rings is 3. The quantitative estimate of drug-likeness (QED) is 0.564. The molecule has 26 heavy (non-hydrogen) atoms. The van der Waals surface area contributed by atoms with Gasteiger partial charge in [0.1, 0.15) is 36.3 Å². The fourth-order valence-corrected chi connectivity index (χ4v) is 2.32. The van der Waals surface area contributed by atoms with Gasteiger partial charge in [0.25, 0.3) is 0 Å². The number of hydrogen-bond acceptors (Lipinski definition) is 3. The van der Waals surface area contributed by atoms with E-state index in [0.717, 1.165) is 11.1 Å². The van der Waals surface area contributed by atoms with Crippen LogP contribution < -0.4 is 9.47 Å². The SMILES string of the molecule is O=Cc1ccc(OCc2ccc(F)cc2)cc1OCc1ccc(F)cc1. The molecule has 0 atom stereocenters. The molecule has 0 heterocycles. The first kappa shape index (κ1) is 17.6. The lowest BCUT2D eigenvalue weighted by molar-refractivity contribution is 0.111. The zero-order chi connectivity index (χ0) is 18.4. The van der Waals surface area contributed by atoms with Crippen LogP contribution in [0.25, 0.3) is 0 Å². The monoisotopic (exact) mass is 354 g/mol. The van der Waals surface area contributed by atoms with Crippen LogP contribution in [0.2, 0.25) is 0 Å². The van der Waals surface area contributed by atoms with Gasteiger partial charge in [-0.1, -0.05) is 24.3 Å². The molecule has 0 bridgehead atoms. The molecule has 3 rings (SSSR count). The van der Waals surface area contributed by atoms with Gasteiger partial charge in [-0.2, -0.15) is 0 Å². The molecule has 0 amide bonds. The zero-order valence-corrected chi connectivity index (χ0v) is 13.8. The van der Waals surface area contributed by atoms with E-state index in [0.29, 0.717) is 23.3 Å². The van der Waals surface area contributed by atoms with Gasteiger partial charge in [0.15, 0.2) is 6.29 Å². The molecule has 3 aromatic carbocycles. The van der Waals surface area contributed by atoms with Crippen molar-refractivity contribution in [1.29, 1.82) is 0 Å². The number of rotatable bonds is 7. The first-order chi connectivity index (χ1) is 12.6. The van der Waals surface area contributed by atoms with Crippen molar-refractivity contribution in [3.05, 3.63) is 95.1 Å². The number of carbonyl (C=O) groups is 1. The van der Waals surface area contributed by atoms with Gasteiger partial charge in [-0.25, -0.2) is 8.78 Å². The maximum absolute atomic E-state index is 12.9. The average Bonchev–Trinajstić information content (AvgIpc) is 2.67. The van der Waals surface area contributed by atoms with E-state index in [9.17, 15) is 13.6 Å². The minimum absolute atomic E-state index is 0.197. The van der Waals surface area contributed by atoms with Gasteiger partial charge < -0.3 is 9.47 Å². The number of halogens is 2. The Balaban J connectivity index is 1.68. The van der Waals surface area contributed by atoms with Crippen LogP contribution in [0.4, 0.5) is 8.78 Å². The molecule has 0 fully saturated rings. The Labute approximate surface area is 149 Å². The largest absolute Gasteiger partial charge is 0.489 e. The molecule has 3 aromatic rings. The van der Waals surface area contributed by atoms with Crippen molar-refractivity contribution >= 4 is 6.29 Å². The van der Waals surface area contributed by atoms with Crippen LogP contribution in [-0.4, -0.2) is 6.29 Å². The Hall–Kier alpha value is -3.21. The Kier molecular flexibility index (Phi) is 5.59. The summed E-state index contributed by atoms with van der Waals surface area (Å²) in [6, 6.07) is 16.8. The molecule has 0 aliphatic carbocycles. The molecule has 0 saturated heterocycles. The molecule has 0 aliphatic rings. The van der Waals surface area contributed by atoms with Crippen LogP contribution in [0.3, 0.4) is 0 Å². The molecule has 0 N–H and O–H groups in total. The second kappa shape index (κ2) is 8.25. The summed E-state index contributed by atoms with van der Waals surface area (Å²) >= 11 is 0. The lowest BCUT2D eigenvalue weighted by Crippen LogP contribution is -2.00. The van der Waals surface area contributed by atoms with E-state index >= 15 is 0 Å². The number of hydrogen-bond donors (Lipinski definition) is 0. The van der Waals surface area contributed by atoms with Crippen LogP contribution in [0.1, 0.15) is 21.5 Å². The summed E-state index contributed by atoms with van der Waals surface area (Å²) in [6.45, 7) is 0.459. The van der Waals surface area contributed by atoms with Gasteiger partial charge in [-0.05, 0) is 47.5 Å². The van der Waals surface area contributed by atoms with Crippen molar-refractivity contribution in [3.63, 3.8) is 0 Å². The highest BCUT2D eigenvalue weighted by molar-refractivity contribution is 5.79. The highest BCUT2D eigenvalue weighted by Gasteiger charge is 2.07. The summed E-state index contributed by atoms with van der Waals surface area (Å²) in [5.74, 6) is 0.272. The van der Waals surface area contributed by atoms with Crippen molar-refractivity contribution in [2.75, 3.05) is 0 Å². The summed E-state index contributed by atoms with van der Waals surface area (Å²) in [6.07, 6.45) is 0.698. The van der Waals surface area contributed by atoms with Crippen LogP contribution in [0, 0.1) is 11.6 Å². The second-order valence-corrected chi connectivity index (χ2v) is 5.65. The predicted molar refractivity (Wildman–Crippen MR) is 93.3 cm³/mol. The van der Waals surface area contributed by atoms with Gasteiger partial charge >= 0.3 is 0 Å². The first-order valence-corrected chi connectivity index (χ1v) is 7.98. The van der Waals surface area contributed by atoms with Gasteiger partial charge in [-0.15, -0.1) is 0 Å². The minimum atomic E-state index is -0.321. The van der Waals surface area contributed by atoms with E-state index in [4.69, 9.17) is 9.47 Å². The van der Waals surface area contributed by atoms with E-state index in [-0.39, 0.29) is 24.8 Å². The van der Waals surface area contributed by atoms with Crippen molar-refractivity contribution in [1.82, 2.24) is 0 Å². The van der Waals surface area contributed by atoms with E-state index in [1.807, 2.05) is 0 Å². The summed E-state index contributed by atoms with van der Waals surface area (Å²) in [7, 11) is 0. The highest BCUT2D eigenvalue weighted by atomic mass is 19.1. The maximum atomic E-state index is 12.9. The Morgan fingerprint density at radius 3 is 1.81 bits per heavy atom. The molecule has 0 saturated carbocycles. The molecule has 3 nitrogen and oxygen atoms in total. The Bertz CT molecular complexity index is 875. The molecule has 0 aromatic heterocycles. The summed E-state index contributed by atoms with van der Waals surface area (Å²) in [5.41, 5.74) is 1.99. The van der Waals surface area contributed by atoms with Gasteiger partial charge in [0.05, 0.1) is 5.56 Å². The van der Waals surface area contributed by atoms with Crippen LogP contribution in [-0.2, 0) is 13.2 Å². The van der Waals surface area contributed by atoms with Crippen LogP contribution >= 0.6 is 0 Å². The van der Waals surface area contributed by atoms with E-state index in [2.05, 4.69) is 0 Å². The minimum Gasteiger partial charge on any atom is -0.489 e. The number of aldehydes is 1. The molecule has 0 radical (unpaired) electrons. The van der Waals surface area contributed by atoms with E-state index in [1.54, 1.807) is 42.5 Å². The van der Waals surface area contributed by atoms with Gasteiger partial charge in [0, 0.05) is 6.07 Å². The fraction of sp³-hybridized carbons (Fsp3) is 0.0952. The third kappa shape index (κ3) is 4.66.